The zero-order valence-corrected chi connectivity index (χ0v) is 21.1. The molecule has 0 spiro atoms. The van der Waals surface area contributed by atoms with Crippen molar-refractivity contribution in [2.45, 2.75) is 45.8 Å². The standard InChI is InChI=1S/C27H34F3N5O/c1-27(2,3)24(35(26(36)32-4)13-12-20(31)15-28)25-33-23(21-14-19(29)10-11-22(21)30)17-34(25)16-18-8-6-5-7-9-18/h5-11,14,17,20,24H,12-13,15-16,31H2,1-4H3,(H,32,36)/t20-,24-/m0/s1. The second-order valence-corrected chi connectivity index (χ2v) is 9.94. The number of hydrogen-bond donors (Lipinski definition) is 2. The predicted molar refractivity (Wildman–Crippen MR) is 135 cm³/mol. The van der Waals surface area contributed by atoms with Gasteiger partial charge in [0.25, 0.3) is 0 Å². The Morgan fingerprint density at radius 2 is 1.86 bits per heavy atom. The number of imidazole rings is 1. The van der Waals surface area contributed by atoms with Crippen molar-refractivity contribution in [1.29, 1.82) is 0 Å². The van der Waals surface area contributed by atoms with E-state index in [1.807, 2.05) is 55.7 Å². The molecule has 0 saturated carbocycles. The number of alkyl halides is 1. The molecule has 1 aromatic heterocycles. The Bertz CT molecular complexity index is 1160. The van der Waals surface area contributed by atoms with Crippen LogP contribution >= 0.6 is 0 Å². The fourth-order valence-electron chi connectivity index (χ4n) is 4.25. The van der Waals surface area contributed by atoms with E-state index in [4.69, 9.17) is 10.7 Å². The molecule has 36 heavy (non-hydrogen) atoms. The van der Waals surface area contributed by atoms with Gasteiger partial charge in [-0.1, -0.05) is 51.1 Å². The summed E-state index contributed by atoms with van der Waals surface area (Å²) in [6, 6.07) is 11.2. The highest BCUT2D eigenvalue weighted by molar-refractivity contribution is 5.74. The highest BCUT2D eigenvalue weighted by Crippen LogP contribution is 2.39. The number of nitrogens with zero attached hydrogens (tertiary/aromatic N) is 3. The van der Waals surface area contributed by atoms with Gasteiger partial charge in [0.1, 0.15) is 24.1 Å². The minimum absolute atomic E-state index is 0.0293. The highest BCUT2D eigenvalue weighted by atomic mass is 19.1. The van der Waals surface area contributed by atoms with Crippen LogP contribution < -0.4 is 11.1 Å². The topological polar surface area (TPSA) is 76.2 Å². The van der Waals surface area contributed by atoms with E-state index in [2.05, 4.69) is 5.32 Å². The Hall–Kier alpha value is -3.33. The van der Waals surface area contributed by atoms with Crippen LogP contribution in [0.3, 0.4) is 0 Å². The Kier molecular flexibility index (Phi) is 8.79. The molecule has 0 radical (unpaired) electrons. The number of aromatic nitrogens is 2. The lowest BCUT2D eigenvalue weighted by Gasteiger charge is -2.40. The maximum absolute atomic E-state index is 14.7. The molecule has 3 N–H and O–H groups in total. The lowest BCUT2D eigenvalue weighted by molar-refractivity contribution is 0.106. The first kappa shape index (κ1) is 27.3. The minimum atomic E-state index is -0.709. The third-order valence-electron chi connectivity index (χ3n) is 6.00. The summed E-state index contributed by atoms with van der Waals surface area (Å²) >= 11 is 0. The van der Waals surface area contributed by atoms with Crippen LogP contribution in [0.1, 0.15) is 44.6 Å². The molecule has 3 aromatic rings. The highest BCUT2D eigenvalue weighted by Gasteiger charge is 2.38. The smallest absolute Gasteiger partial charge is 0.317 e. The van der Waals surface area contributed by atoms with Crippen LogP contribution in [0, 0.1) is 17.0 Å². The van der Waals surface area contributed by atoms with E-state index < -0.39 is 35.8 Å². The van der Waals surface area contributed by atoms with Crippen molar-refractivity contribution in [2.75, 3.05) is 20.3 Å². The normalized spacial score (nSPS) is 13.3. The summed E-state index contributed by atoms with van der Waals surface area (Å²) in [4.78, 5) is 19.4. The van der Waals surface area contributed by atoms with E-state index >= 15 is 0 Å². The van der Waals surface area contributed by atoms with E-state index in [1.165, 1.54) is 7.05 Å². The zero-order valence-electron chi connectivity index (χ0n) is 21.1. The third-order valence-corrected chi connectivity index (χ3v) is 6.00. The maximum Gasteiger partial charge on any atom is 0.317 e. The van der Waals surface area contributed by atoms with Crippen molar-refractivity contribution in [2.24, 2.45) is 11.1 Å². The lowest BCUT2D eigenvalue weighted by atomic mass is 9.84. The summed E-state index contributed by atoms with van der Waals surface area (Å²) in [6.45, 7) is 5.78. The first-order chi connectivity index (χ1) is 17.0. The average Bonchev–Trinajstić information content (AvgIpc) is 3.24. The van der Waals surface area contributed by atoms with Crippen LogP contribution in [0.4, 0.5) is 18.0 Å². The fourth-order valence-corrected chi connectivity index (χ4v) is 4.25. The first-order valence-corrected chi connectivity index (χ1v) is 11.9. The monoisotopic (exact) mass is 501 g/mol. The largest absolute Gasteiger partial charge is 0.341 e. The SMILES string of the molecule is CNC(=O)N(CC[C@H](N)CF)[C@@H](c1nc(-c2cc(F)ccc2F)cn1Cc1ccccc1)C(C)(C)C. The van der Waals surface area contributed by atoms with Gasteiger partial charge in [0.05, 0.1) is 11.7 Å². The molecule has 0 aliphatic carbocycles. The van der Waals surface area contributed by atoms with E-state index in [0.29, 0.717) is 12.4 Å². The van der Waals surface area contributed by atoms with Crippen LogP contribution in [0.2, 0.25) is 0 Å². The van der Waals surface area contributed by atoms with Crippen LogP contribution in [-0.2, 0) is 6.54 Å². The molecule has 0 unspecified atom stereocenters. The van der Waals surface area contributed by atoms with Crippen LogP contribution in [0.25, 0.3) is 11.3 Å². The van der Waals surface area contributed by atoms with Crippen LogP contribution in [-0.4, -0.2) is 46.8 Å². The third kappa shape index (κ3) is 6.46. The molecule has 2 atom stereocenters. The van der Waals surface area contributed by atoms with Gasteiger partial charge < -0.3 is 20.5 Å². The first-order valence-electron chi connectivity index (χ1n) is 11.9. The summed E-state index contributed by atoms with van der Waals surface area (Å²) in [6.07, 6.45) is 1.93. The Morgan fingerprint density at radius 1 is 1.17 bits per heavy atom. The molecule has 0 bridgehead atoms. The van der Waals surface area contributed by atoms with Crippen molar-refractivity contribution in [3.63, 3.8) is 0 Å². The van der Waals surface area contributed by atoms with Crippen molar-refractivity contribution in [1.82, 2.24) is 19.8 Å². The van der Waals surface area contributed by atoms with E-state index in [9.17, 15) is 18.0 Å². The summed E-state index contributed by atoms with van der Waals surface area (Å²) in [7, 11) is 1.52. The van der Waals surface area contributed by atoms with E-state index in [-0.39, 0.29) is 30.3 Å². The molecule has 0 saturated heterocycles. The second kappa shape index (κ2) is 11.6. The molecule has 1 heterocycles. The van der Waals surface area contributed by atoms with Crippen molar-refractivity contribution < 1.29 is 18.0 Å². The molecule has 0 aliphatic heterocycles. The number of halogens is 3. The summed E-state index contributed by atoms with van der Waals surface area (Å²) in [5, 5.41) is 2.66. The molecule has 2 aromatic carbocycles. The fraction of sp³-hybridized carbons (Fsp3) is 0.407. The summed E-state index contributed by atoms with van der Waals surface area (Å²) in [5.41, 5.74) is 6.56. The molecule has 9 heteroatoms. The number of amides is 2. The lowest BCUT2D eigenvalue weighted by Crippen LogP contribution is -2.47. The maximum atomic E-state index is 14.7. The van der Waals surface area contributed by atoms with Gasteiger partial charge in [-0.3, -0.25) is 0 Å². The summed E-state index contributed by atoms with van der Waals surface area (Å²) in [5.74, 6) is -0.677. The number of carbonyl (C=O) groups is 1. The molecule has 2 amide bonds. The molecule has 0 fully saturated rings. The number of benzene rings is 2. The Balaban J connectivity index is 2.18. The quantitative estimate of drug-likeness (QED) is 0.418. The van der Waals surface area contributed by atoms with Gasteiger partial charge >= 0.3 is 6.03 Å². The molecule has 6 nitrogen and oxygen atoms in total. The van der Waals surface area contributed by atoms with Gasteiger partial charge in [0.15, 0.2) is 0 Å². The molecule has 194 valence electrons. The number of rotatable bonds is 9. The Morgan fingerprint density at radius 3 is 2.47 bits per heavy atom. The van der Waals surface area contributed by atoms with Crippen molar-refractivity contribution >= 4 is 6.03 Å². The van der Waals surface area contributed by atoms with Gasteiger partial charge in [-0.05, 0) is 35.6 Å². The summed E-state index contributed by atoms with van der Waals surface area (Å²) < 4.78 is 43.7. The predicted octanol–water partition coefficient (Wildman–Crippen LogP) is 5.29. The number of nitrogens with one attached hydrogen (secondary N) is 1. The van der Waals surface area contributed by atoms with E-state index in [0.717, 1.165) is 23.8 Å². The van der Waals surface area contributed by atoms with Crippen molar-refractivity contribution in [3.05, 3.63) is 77.8 Å². The van der Waals surface area contributed by atoms with Crippen LogP contribution in [0.5, 0.6) is 0 Å². The number of carbonyl (C=O) groups excluding carboxylic acids is 1. The molecule has 3 rings (SSSR count). The molecule has 0 aliphatic rings. The molecular weight excluding hydrogens is 467 g/mol. The number of nitrogens with two attached hydrogens (primary N) is 1. The second-order valence-electron chi connectivity index (χ2n) is 9.94. The van der Waals surface area contributed by atoms with Gasteiger partial charge in [-0.15, -0.1) is 0 Å². The van der Waals surface area contributed by atoms with Gasteiger partial charge in [-0.25, -0.2) is 22.9 Å². The number of hydrogen-bond acceptors (Lipinski definition) is 3. The Labute approximate surface area is 210 Å². The minimum Gasteiger partial charge on any atom is -0.341 e. The number of urea groups is 1. The van der Waals surface area contributed by atoms with Crippen LogP contribution in [0.15, 0.2) is 54.7 Å². The van der Waals surface area contributed by atoms with Gasteiger partial charge in [-0.2, -0.15) is 0 Å². The zero-order chi connectivity index (χ0) is 26.5. The molecular formula is C27H34F3N5O. The van der Waals surface area contributed by atoms with Crippen molar-refractivity contribution in [3.8, 4) is 11.3 Å². The average molecular weight is 502 g/mol. The van der Waals surface area contributed by atoms with Gasteiger partial charge in [0, 0.05) is 37.9 Å². The van der Waals surface area contributed by atoms with Gasteiger partial charge in [0.2, 0.25) is 0 Å². The van der Waals surface area contributed by atoms with E-state index in [1.54, 1.807) is 11.1 Å².